The summed E-state index contributed by atoms with van der Waals surface area (Å²) in [5.41, 5.74) is 8.44. The SMILES string of the molecule is Cc1ccc(C(C(N)=O)c2c[nH]c3c(Cl)cccc23)c(O)c1. The number of aryl methyl sites for hydroxylation is 1. The molecular weight excluding hydrogens is 300 g/mol. The van der Waals surface area contributed by atoms with Gasteiger partial charge in [0, 0.05) is 17.1 Å². The monoisotopic (exact) mass is 314 g/mol. The zero-order valence-corrected chi connectivity index (χ0v) is 12.7. The number of nitrogens with one attached hydrogen (secondary N) is 1. The number of rotatable bonds is 3. The van der Waals surface area contributed by atoms with E-state index in [1.54, 1.807) is 24.4 Å². The van der Waals surface area contributed by atoms with Crippen molar-refractivity contribution < 1.29 is 9.90 Å². The number of aromatic hydroxyl groups is 1. The lowest BCUT2D eigenvalue weighted by Crippen LogP contribution is -2.22. The summed E-state index contributed by atoms with van der Waals surface area (Å²) in [7, 11) is 0. The van der Waals surface area contributed by atoms with Gasteiger partial charge in [-0.25, -0.2) is 0 Å². The first kappa shape index (κ1) is 14.5. The number of carbonyl (C=O) groups excluding carboxylic acids is 1. The number of fused-ring (bicyclic) bond motifs is 1. The van der Waals surface area contributed by atoms with E-state index in [9.17, 15) is 9.90 Å². The van der Waals surface area contributed by atoms with Crippen LogP contribution in [0.4, 0.5) is 0 Å². The van der Waals surface area contributed by atoms with Crippen molar-refractivity contribution in [3.05, 3.63) is 64.3 Å². The van der Waals surface area contributed by atoms with E-state index in [4.69, 9.17) is 17.3 Å². The van der Waals surface area contributed by atoms with Crippen LogP contribution in [0.3, 0.4) is 0 Å². The minimum absolute atomic E-state index is 0.0557. The molecular formula is C17H15ClN2O2. The van der Waals surface area contributed by atoms with Crippen molar-refractivity contribution in [1.29, 1.82) is 0 Å². The van der Waals surface area contributed by atoms with Crippen molar-refractivity contribution in [2.45, 2.75) is 12.8 Å². The predicted octanol–water partition coefficient (Wildman–Crippen LogP) is 3.45. The van der Waals surface area contributed by atoms with Crippen molar-refractivity contribution in [3.8, 4) is 5.75 Å². The molecule has 5 heteroatoms. The molecule has 0 aliphatic rings. The van der Waals surface area contributed by atoms with Gasteiger partial charge in [0.1, 0.15) is 5.75 Å². The number of hydrogen-bond acceptors (Lipinski definition) is 2. The summed E-state index contributed by atoms with van der Waals surface area (Å²) in [4.78, 5) is 15.1. The van der Waals surface area contributed by atoms with Gasteiger partial charge in [-0.1, -0.05) is 35.9 Å². The summed E-state index contributed by atoms with van der Waals surface area (Å²) < 4.78 is 0. The summed E-state index contributed by atoms with van der Waals surface area (Å²) in [6.07, 6.45) is 1.71. The number of hydrogen-bond donors (Lipinski definition) is 3. The molecule has 112 valence electrons. The minimum atomic E-state index is -0.743. The van der Waals surface area contributed by atoms with Crippen molar-refractivity contribution in [1.82, 2.24) is 4.98 Å². The Labute approximate surface area is 132 Å². The van der Waals surface area contributed by atoms with Gasteiger partial charge in [0.2, 0.25) is 5.91 Å². The van der Waals surface area contributed by atoms with Crippen molar-refractivity contribution in [2.75, 3.05) is 0 Å². The number of primary amides is 1. The zero-order valence-electron chi connectivity index (χ0n) is 11.9. The van der Waals surface area contributed by atoms with Gasteiger partial charge in [-0.15, -0.1) is 0 Å². The van der Waals surface area contributed by atoms with Gasteiger partial charge in [-0.05, 0) is 30.2 Å². The number of aromatic amines is 1. The Balaban J connectivity index is 2.23. The Bertz CT molecular complexity index is 870. The van der Waals surface area contributed by atoms with Gasteiger partial charge in [-0.3, -0.25) is 4.79 Å². The van der Waals surface area contributed by atoms with Crippen molar-refractivity contribution >= 4 is 28.4 Å². The maximum Gasteiger partial charge on any atom is 0.229 e. The summed E-state index contributed by atoms with van der Waals surface area (Å²) in [6.45, 7) is 1.87. The molecule has 0 saturated heterocycles. The smallest absolute Gasteiger partial charge is 0.229 e. The zero-order chi connectivity index (χ0) is 15.9. The molecule has 3 aromatic rings. The van der Waals surface area contributed by atoms with Gasteiger partial charge < -0.3 is 15.8 Å². The Hall–Kier alpha value is -2.46. The number of H-pyrrole nitrogens is 1. The molecule has 1 atom stereocenters. The van der Waals surface area contributed by atoms with E-state index in [1.165, 1.54) is 0 Å². The number of halogens is 1. The Morgan fingerprint density at radius 2 is 2.05 bits per heavy atom. The van der Waals surface area contributed by atoms with Crippen LogP contribution in [0.1, 0.15) is 22.6 Å². The third kappa shape index (κ3) is 2.31. The van der Waals surface area contributed by atoms with Gasteiger partial charge >= 0.3 is 0 Å². The molecule has 0 fully saturated rings. The normalized spacial score (nSPS) is 12.5. The number of aromatic nitrogens is 1. The molecule has 4 nitrogen and oxygen atoms in total. The number of nitrogens with two attached hydrogens (primary N) is 1. The Morgan fingerprint density at radius 1 is 1.27 bits per heavy atom. The highest BCUT2D eigenvalue weighted by Gasteiger charge is 2.26. The number of phenolic OH excluding ortho intramolecular Hbond substituents is 1. The molecule has 1 aromatic heterocycles. The van der Waals surface area contributed by atoms with E-state index in [0.29, 0.717) is 16.1 Å². The lowest BCUT2D eigenvalue weighted by molar-refractivity contribution is -0.118. The molecule has 1 amide bonds. The van der Waals surface area contributed by atoms with E-state index in [1.807, 2.05) is 25.1 Å². The number of carbonyl (C=O) groups is 1. The van der Waals surface area contributed by atoms with Gasteiger partial charge in [-0.2, -0.15) is 0 Å². The highest BCUT2D eigenvalue weighted by Crippen LogP contribution is 2.36. The van der Waals surface area contributed by atoms with E-state index in [0.717, 1.165) is 16.5 Å². The molecule has 4 N–H and O–H groups in total. The molecule has 0 saturated carbocycles. The van der Waals surface area contributed by atoms with E-state index in [2.05, 4.69) is 4.98 Å². The molecule has 22 heavy (non-hydrogen) atoms. The van der Waals surface area contributed by atoms with E-state index in [-0.39, 0.29) is 5.75 Å². The molecule has 1 heterocycles. The first-order valence-electron chi connectivity index (χ1n) is 6.83. The highest BCUT2D eigenvalue weighted by atomic mass is 35.5. The summed E-state index contributed by atoms with van der Waals surface area (Å²) in [5.74, 6) is -1.21. The van der Waals surface area contributed by atoms with Crippen LogP contribution in [0.25, 0.3) is 10.9 Å². The van der Waals surface area contributed by atoms with Gasteiger partial charge in [0.15, 0.2) is 0 Å². The van der Waals surface area contributed by atoms with E-state index < -0.39 is 11.8 Å². The van der Waals surface area contributed by atoms with Crippen LogP contribution in [0, 0.1) is 6.92 Å². The average molecular weight is 315 g/mol. The van der Waals surface area contributed by atoms with E-state index >= 15 is 0 Å². The molecule has 0 radical (unpaired) electrons. The van der Waals surface area contributed by atoms with Crippen LogP contribution in [0.15, 0.2) is 42.6 Å². The lowest BCUT2D eigenvalue weighted by Gasteiger charge is -2.15. The van der Waals surface area contributed by atoms with Crippen LogP contribution in [0.5, 0.6) is 5.75 Å². The van der Waals surface area contributed by atoms with Gasteiger partial charge in [0.25, 0.3) is 0 Å². The van der Waals surface area contributed by atoms with Crippen LogP contribution >= 0.6 is 11.6 Å². The molecule has 0 aliphatic heterocycles. The minimum Gasteiger partial charge on any atom is -0.508 e. The molecule has 2 aromatic carbocycles. The number of benzene rings is 2. The third-order valence-electron chi connectivity index (χ3n) is 3.79. The third-order valence-corrected chi connectivity index (χ3v) is 4.10. The number of para-hydroxylation sites is 1. The number of amides is 1. The molecule has 0 bridgehead atoms. The maximum absolute atomic E-state index is 12.0. The van der Waals surface area contributed by atoms with Crippen LogP contribution in [0.2, 0.25) is 5.02 Å². The topological polar surface area (TPSA) is 79.1 Å². The first-order chi connectivity index (χ1) is 10.5. The largest absolute Gasteiger partial charge is 0.508 e. The average Bonchev–Trinajstić information content (AvgIpc) is 2.87. The Kier molecular flexibility index (Phi) is 3.54. The predicted molar refractivity (Wildman–Crippen MR) is 87.2 cm³/mol. The standard InChI is InChI=1S/C17H15ClN2O2/c1-9-5-6-11(14(21)7-9)15(17(19)22)12-8-20-16-10(12)3-2-4-13(16)18/h2-8,15,20-21H,1H3,(H2,19,22). The second-order valence-electron chi connectivity index (χ2n) is 5.30. The molecule has 3 rings (SSSR count). The van der Waals surface area contributed by atoms with Crippen LogP contribution < -0.4 is 5.73 Å². The quantitative estimate of drug-likeness (QED) is 0.692. The second-order valence-corrected chi connectivity index (χ2v) is 5.71. The fraction of sp³-hybridized carbons (Fsp3) is 0.118. The Morgan fingerprint density at radius 3 is 2.73 bits per heavy atom. The van der Waals surface area contributed by atoms with Crippen LogP contribution in [-0.2, 0) is 4.79 Å². The lowest BCUT2D eigenvalue weighted by atomic mass is 9.89. The number of phenols is 1. The second kappa shape index (κ2) is 5.39. The van der Waals surface area contributed by atoms with Gasteiger partial charge in [0.05, 0.1) is 16.5 Å². The first-order valence-corrected chi connectivity index (χ1v) is 7.21. The molecule has 0 spiro atoms. The summed E-state index contributed by atoms with van der Waals surface area (Å²) in [5, 5.41) is 11.6. The van der Waals surface area contributed by atoms with Crippen molar-refractivity contribution in [2.24, 2.45) is 5.73 Å². The molecule has 1 unspecified atom stereocenters. The fourth-order valence-electron chi connectivity index (χ4n) is 2.75. The fourth-order valence-corrected chi connectivity index (χ4v) is 2.98. The molecule has 0 aliphatic carbocycles. The summed E-state index contributed by atoms with van der Waals surface area (Å²) >= 11 is 6.16. The van der Waals surface area contributed by atoms with Crippen molar-refractivity contribution in [3.63, 3.8) is 0 Å². The maximum atomic E-state index is 12.0. The highest BCUT2D eigenvalue weighted by molar-refractivity contribution is 6.35. The summed E-state index contributed by atoms with van der Waals surface area (Å²) in [6, 6.07) is 10.6. The van der Waals surface area contributed by atoms with Crippen LogP contribution in [-0.4, -0.2) is 16.0 Å².